The maximum absolute atomic E-state index is 13.6. The van der Waals surface area contributed by atoms with Gasteiger partial charge in [-0.2, -0.15) is 0 Å². The van der Waals surface area contributed by atoms with Crippen LogP contribution in [-0.4, -0.2) is 8.42 Å². The van der Waals surface area contributed by atoms with Gasteiger partial charge in [0.1, 0.15) is 22.3 Å². The molecule has 0 atom stereocenters. The molecule has 0 unspecified atom stereocenters. The predicted molar refractivity (Wildman–Crippen MR) is 75.7 cm³/mol. The van der Waals surface area contributed by atoms with E-state index in [4.69, 9.17) is 5.73 Å². The van der Waals surface area contributed by atoms with Crippen LogP contribution in [0.25, 0.3) is 0 Å². The molecule has 2 rings (SSSR count). The Bertz CT molecular complexity index is 812. The Balaban J connectivity index is 2.48. The average molecular weight is 381 g/mol. The molecule has 0 aliphatic heterocycles. The maximum atomic E-state index is 13.6. The Morgan fingerprint density at radius 2 is 1.71 bits per heavy atom. The molecule has 0 saturated carbocycles. The van der Waals surface area contributed by atoms with Crippen molar-refractivity contribution >= 4 is 37.3 Å². The summed E-state index contributed by atoms with van der Waals surface area (Å²) in [6, 6.07) is 4.32. The number of nitrogens with one attached hydrogen (secondary N) is 1. The van der Waals surface area contributed by atoms with Crippen molar-refractivity contribution in [3.05, 3.63) is 52.3 Å². The fourth-order valence-corrected chi connectivity index (χ4v) is 3.17. The van der Waals surface area contributed by atoms with E-state index in [0.717, 1.165) is 12.1 Å². The van der Waals surface area contributed by atoms with Crippen molar-refractivity contribution in [2.75, 3.05) is 10.5 Å². The topological polar surface area (TPSA) is 72.2 Å². The van der Waals surface area contributed by atoms with Gasteiger partial charge in [0.2, 0.25) is 0 Å². The van der Waals surface area contributed by atoms with E-state index < -0.39 is 38.1 Å². The molecule has 0 fully saturated rings. The van der Waals surface area contributed by atoms with Crippen LogP contribution in [0.5, 0.6) is 0 Å². The zero-order chi connectivity index (χ0) is 15.8. The third-order valence-electron chi connectivity index (χ3n) is 2.51. The molecule has 0 amide bonds. The number of nitrogen functional groups attached to an aromatic ring is 1. The standard InChI is InChI=1S/C12H8BrF3N2O2S/c13-7-2-1-6(14)3-11(7)18-21(19,20)12-5-10(17)8(15)4-9(12)16/h1-5,18H,17H2. The quantitative estimate of drug-likeness (QED) is 0.802. The fraction of sp³-hybridized carbons (Fsp3) is 0. The van der Waals surface area contributed by atoms with Crippen molar-refractivity contribution in [1.82, 2.24) is 0 Å². The molecule has 0 aliphatic carbocycles. The maximum Gasteiger partial charge on any atom is 0.264 e. The van der Waals surface area contributed by atoms with Crippen molar-refractivity contribution in [3.8, 4) is 0 Å². The van der Waals surface area contributed by atoms with E-state index in [1.165, 1.54) is 6.07 Å². The summed E-state index contributed by atoms with van der Waals surface area (Å²) >= 11 is 3.03. The summed E-state index contributed by atoms with van der Waals surface area (Å²) in [6.45, 7) is 0. The Labute approximate surface area is 127 Å². The van der Waals surface area contributed by atoms with Crippen molar-refractivity contribution in [2.45, 2.75) is 4.90 Å². The molecule has 2 aromatic rings. The number of anilines is 2. The Morgan fingerprint density at radius 1 is 1.05 bits per heavy atom. The highest BCUT2D eigenvalue weighted by Crippen LogP contribution is 2.28. The number of rotatable bonds is 3. The number of hydrogen-bond donors (Lipinski definition) is 2. The Hall–Kier alpha value is -1.74. The largest absolute Gasteiger partial charge is 0.396 e. The molecule has 0 aliphatic rings. The Morgan fingerprint density at radius 3 is 2.38 bits per heavy atom. The van der Waals surface area contributed by atoms with Gasteiger partial charge >= 0.3 is 0 Å². The monoisotopic (exact) mass is 380 g/mol. The second kappa shape index (κ2) is 5.57. The first-order chi connectivity index (χ1) is 9.70. The van der Waals surface area contributed by atoms with Crippen LogP contribution < -0.4 is 10.5 Å². The fourth-order valence-electron chi connectivity index (χ4n) is 1.53. The van der Waals surface area contributed by atoms with Crippen LogP contribution in [0.4, 0.5) is 24.5 Å². The molecule has 0 heterocycles. The second-order valence-corrected chi connectivity index (χ2v) is 6.54. The molecule has 2 aromatic carbocycles. The van der Waals surface area contributed by atoms with E-state index >= 15 is 0 Å². The second-order valence-electron chi connectivity index (χ2n) is 4.03. The van der Waals surface area contributed by atoms with E-state index in [1.54, 1.807) is 0 Å². The van der Waals surface area contributed by atoms with Gasteiger partial charge in [-0.1, -0.05) is 0 Å². The highest BCUT2D eigenvalue weighted by atomic mass is 79.9. The van der Waals surface area contributed by atoms with E-state index in [2.05, 4.69) is 15.9 Å². The number of hydrogen-bond acceptors (Lipinski definition) is 3. The van der Waals surface area contributed by atoms with Crippen LogP contribution in [0.3, 0.4) is 0 Å². The summed E-state index contributed by atoms with van der Waals surface area (Å²) in [4.78, 5) is -0.836. The van der Waals surface area contributed by atoms with Crippen LogP contribution in [0.1, 0.15) is 0 Å². The number of nitrogens with two attached hydrogens (primary N) is 1. The molecule has 0 spiro atoms. The molecule has 0 bridgehead atoms. The molecule has 112 valence electrons. The van der Waals surface area contributed by atoms with E-state index in [0.29, 0.717) is 12.1 Å². The minimum atomic E-state index is -4.39. The molecule has 21 heavy (non-hydrogen) atoms. The lowest BCUT2D eigenvalue weighted by atomic mass is 10.3. The molecule has 0 saturated heterocycles. The van der Waals surface area contributed by atoms with Gasteiger partial charge in [-0.25, -0.2) is 21.6 Å². The van der Waals surface area contributed by atoms with Gasteiger partial charge in [0, 0.05) is 10.5 Å². The molecule has 0 radical (unpaired) electrons. The molecule has 9 heteroatoms. The lowest BCUT2D eigenvalue weighted by Crippen LogP contribution is -2.16. The minimum absolute atomic E-state index is 0.128. The van der Waals surface area contributed by atoms with Crippen LogP contribution >= 0.6 is 15.9 Å². The van der Waals surface area contributed by atoms with E-state index in [1.807, 2.05) is 4.72 Å². The first-order valence-corrected chi connectivity index (χ1v) is 7.71. The SMILES string of the molecule is Nc1cc(S(=O)(=O)Nc2cc(F)ccc2Br)c(F)cc1F. The highest BCUT2D eigenvalue weighted by molar-refractivity contribution is 9.10. The van der Waals surface area contributed by atoms with Gasteiger partial charge in [0.05, 0.1) is 11.4 Å². The average Bonchev–Trinajstić information content (AvgIpc) is 2.37. The van der Waals surface area contributed by atoms with E-state index in [9.17, 15) is 21.6 Å². The van der Waals surface area contributed by atoms with Gasteiger partial charge in [-0.15, -0.1) is 0 Å². The lowest BCUT2D eigenvalue weighted by Gasteiger charge is -2.11. The first kappa shape index (κ1) is 15.6. The smallest absolute Gasteiger partial charge is 0.264 e. The molecule has 0 aromatic heterocycles. The van der Waals surface area contributed by atoms with Crippen molar-refractivity contribution in [3.63, 3.8) is 0 Å². The zero-order valence-corrected chi connectivity index (χ0v) is 12.6. The van der Waals surface area contributed by atoms with Crippen molar-refractivity contribution < 1.29 is 21.6 Å². The van der Waals surface area contributed by atoms with Gasteiger partial charge in [0.25, 0.3) is 10.0 Å². The van der Waals surface area contributed by atoms with Crippen LogP contribution in [-0.2, 0) is 10.0 Å². The van der Waals surface area contributed by atoms with E-state index in [-0.39, 0.29) is 10.2 Å². The number of halogens is 4. The summed E-state index contributed by atoms with van der Waals surface area (Å²) < 4.78 is 66.2. The summed E-state index contributed by atoms with van der Waals surface area (Å²) in [5.74, 6) is -3.06. The molecular formula is C12H8BrF3N2O2S. The minimum Gasteiger partial charge on any atom is -0.396 e. The van der Waals surface area contributed by atoms with Gasteiger partial charge in [-0.05, 0) is 40.2 Å². The summed E-state index contributed by atoms with van der Waals surface area (Å²) in [5, 5.41) is 0. The third-order valence-corrected chi connectivity index (χ3v) is 4.59. The van der Waals surface area contributed by atoms with Crippen LogP contribution in [0.2, 0.25) is 0 Å². The molecule has 3 N–H and O–H groups in total. The van der Waals surface area contributed by atoms with Gasteiger partial charge in [0.15, 0.2) is 0 Å². The highest BCUT2D eigenvalue weighted by Gasteiger charge is 2.22. The number of sulfonamides is 1. The Kier molecular flexibility index (Phi) is 4.15. The summed E-state index contributed by atoms with van der Waals surface area (Å²) in [5.41, 5.74) is 4.58. The molecule has 4 nitrogen and oxygen atoms in total. The van der Waals surface area contributed by atoms with Gasteiger partial charge < -0.3 is 5.73 Å². The zero-order valence-electron chi connectivity index (χ0n) is 10.2. The predicted octanol–water partition coefficient (Wildman–Crippen LogP) is 3.25. The number of benzene rings is 2. The summed E-state index contributed by atoms with van der Waals surface area (Å²) in [7, 11) is -4.39. The van der Waals surface area contributed by atoms with Crippen molar-refractivity contribution in [1.29, 1.82) is 0 Å². The van der Waals surface area contributed by atoms with Crippen molar-refractivity contribution in [2.24, 2.45) is 0 Å². The van der Waals surface area contributed by atoms with Crippen LogP contribution in [0, 0.1) is 17.5 Å². The third kappa shape index (κ3) is 3.30. The normalized spacial score (nSPS) is 11.4. The van der Waals surface area contributed by atoms with Crippen LogP contribution in [0.15, 0.2) is 39.7 Å². The lowest BCUT2D eigenvalue weighted by molar-refractivity contribution is 0.553. The van der Waals surface area contributed by atoms with Gasteiger partial charge in [-0.3, -0.25) is 4.72 Å². The first-order valence-electron chi connectivity index (χ1n) is 5.43. The summed E-state index contributed by atoms with van der Waals surface area (Å²) in [6.07, 6.45) is 0. The molecular weight excluding hydrogens is 373 g/mol.